The molecule has 0 aliphatic rings. The third-order valence-corrected chi connectivity index (χ3v) is 9.19. The van der Waals surface area contributed by atoms with Gasteiger partial charge in [0.25, 0.3) is 0 Å². The van der Waals surface area contributed by atoms with Crippen molar-refractivity contribution in [3.8, 4) is 0 Å². The second-order valence-electron chi connectivity index (χ2n) is 14.4. The van der Waals surface area contributed by atoms with Crippen LogP contribution in [0.1, 0.15) is 194 Å². The van der Waals surface area contributed by atoms with E-state index in [1.807, 2.05) is 12.2 Å². The highest BCUT2D eigenvalue weighted by molar-refractivity contribution is 5.70. The van der Waals surface area contributed by atoms with Crippen LogP contribution >= 0.6 is 0 Å². The van der Waals surface area contributed by atoms with Gasteiger partial charge in [-0.2, -0.15) is 0 Å². The predicted octanol–water partition coefficient (Wildman–Crippen LogP) is 14.3. The van der Waals surface area contributed by atoms with Gasteiger partial charge in [0.2, 0.25) is 0 Å². The first kappa shape index (κ1) is 51.1. The summed E-state index contributed by atoms with van der Waals surface area (Å²) in [6, 6.07) is 0. The molecule has 0 spiro atoms. The average Bonchev–Trinajstić information content (AvgIpc) is 3.17. The third kappa shape index (κ3) is 41.8. The van der Waals surface area contributed by atoms with Gasteiger partial charge in [-0.25, -0.2) is 0 Å². The van der Waals surface area contributed by atoms with Gasteiger partial charge in [-0.15, -0.1) is 0 Å². The summed E-state index contributed by atoms with van der Waals surface area (Å²) in [5.41, 5.74) is 0. The van der Waals surface area contributed by atoms with E-state index in [-0.39, 0.29) is 31.6 Å². The monoisotopic (exact) mass is 751 g/mol. The SMILES string of the molecule is CCC=CCC=CCC=CCC=CCC=CCC=CCCC(=O)OCC(CO)OC(=O)CCCCCCCCCCCCCC=CCCCCCCCC. The average molecular weight is 751 g/mol. The third-order valence-electron chi connectivity index (χ3n) is 9.19. The fourth-order valence-electron chi connectivity index (χ4n) is 5.87. The number of allylic oxidation sites excluding steroid dienone is 14. The Bertz CT molecular complexity index is 1030. The van der Waals surface area contributed by atoms with Crippen LogP contribution in [0.5, 0.6) is 0 Å². The number of ether oxygens (including phenoxy) is 2. The van der Waals surface area contributed by atoms with E-state index in [4.69, 9.17) is 9.47 Å². The van der Waals surface area contributed by atoms with E-state index >= 15 is 0 Å². The van der Waals surface area contributed by atoms with Crippen molar-refractivity contribution in [3.05, 3.63) is 85.1 Å². The summed E-state index contributed by atoms with van der Waals surface area (Å²) >= 11 is 0. The summed E-state index contributed by atoms with van der Waals surface area (Å²) in [5.74, 6) is -0.692. The molecule has 5 nitrogen and oxygen atoms in total. The van der Waals surface area contributed by atoms with Crippen molar-refractivity contribution in [1.82, 2.24) is 0 Å². The molecule has 1 atom stereocenters. The Morgan fingerprint density at radius 2 is 0.833 bits per heavy atom. The number of rotatable bonds is 39. The number of carbonyl (C=O) groups excluding carboxylic acids is 2. The number of hydrogen-bond acceptors (Lipinski definition) is 5. The number of aliphatic hydroxyl groups excluding tert-OH is 1. The van der Waals surface area contributed by atoms with Crippen LogP contribution in [-0.4, -0.2) is 36.4 Å². The molecule has 1 N–H and O–H groups in total. The first-order valence-corrected chi connectivity index (χ1v) is 22.1. The quantitative estimate of drug-likeness (QED) is 0.0385. The summed E-state index contributed by atoms with van der Waals surface area (Å²) in [7, 11) is 0. The zero-order chi connectivity index (χ0) is 39.3. The van der Waals surface area contributed by atoms with Crippen molar-refractivity contribution in [2.24, 2.45) is 0 Å². The lowest BCUT2D eigenvalue weighted by Crippen LogP contribution is -2.28. The second kappa shape index (κ2) is 44.5. The van der Waals surface area contributed by atoms with E-state index in [1.54, 1.807) is 0 Å². The highest BCUT2D eigenvalue weighted by atomic mass is 16.6. The summed E-state index contributed by atoms with van der Waals surface area (Å²) in [5, 5.41) is 9.58. The molecule has 308 valence electrons. The zero-order valence-corrected chi connectivity index (χ0v) is 35.0. The molecule has 0 rings (SSSR count). The van der Waals surface area contributed by atoms with Gasteiger partial charge < -0.3 is 14.6 Å². The summed E-state index contributed by atoms with van der Waals surface area (Å²) in [6.07, 6.45) is 60.9. The molecule has 0 aliphatic carbocycles. The Morgan fingerprint density at radius 3 is 1.28 bits per heavy atom. The molecule has 0 aromatic rings. The van der Waals surface area contributed by atoms with Crippen molar-refractivity contribution < 1.29 is 24.2 Å². The maximum absolute atomic E-state index is 12.2. The van der Waals surface area contributed by atoms with Crippen molar-refractivity contribution in [2.75, 3.05) is 13.2 Å². The van der Waals surface area contributed by atoms with E-state index in [0.29, 0.717) is 12.8 Å². The standard InChI is InChI=1S/C49H82O5/c1-3-5-7-9-11-13-15-17-19-21-23-24-26-28-30-32-34-36-38-40-42-44-49(52)54-47(45-50)46-53-48(51)43-41-39-37-35-33-31-29-27-25-22-20-18-16-14-12-10-8-6-4-2/h6,8,12,14,17-20,25,27,31,33,37,39,47,50H,3-5,7,9-11,13,15-16,21-24,26,28-30,32,34-36,38,40-46H2,1-2H3. The molecule has 0 bridgehead atoms. The molecule has 0 aromatic heterocycles. The van der Waals surface area contributed by atoms with Gasteiger partial charge in [0, 0.05) is 12.8 Å². The molecule has 0 saturated heterocycles. The van der Waals surface area contributed by atoms with Crippen molar-refractivity contribution >= 4 is 11.9 Å². The first-order valence-electron chi connectivity index (χ1n) is 22.1. The molecular weight excluding hydrogens is 669 g/mol. The normalized spacial score (nSPS) is 13.0. The highest BCUT2D eigenvalue weighted by Gasteiger charge is 2.15. The fourth-order valence-corrected chi connectivity index (χ4v) is 5.87. The number of hydrogen-bond donors (Lipinski definition) is 1. The molecule has 0 radical (unpaired) electrons. The molecule has 54 heavy (non-hydrogen) atoms. The van der Waals surface area contributed by atoms with Crippen LogP contribution in [0.2, 0.25) is 0 Å². The zero-order valence-electron chi connectivity index (χ0n) is 35.0. The largest absolute Gasteiger partial charge is 0.462 e. The van der Waals surface area contributed by atoms with Gasteiger partial charge in [-0.3, -0.25) is 9.59 Å². The van der Waals surface area contributed by atoms with Crippen molar-refractivity contribution in [3.63, 3.8) is 0 Å². The van der Waals surface area contributed by atoms with Crippen LogP contribution in [-0.2, 0) is 19.1 Å². The van der Waals surface area contributed by atoms with Gasteiger partial charge in [-0.05, 0) is 77.0 Å². The molecular formula is C49H82O5. The molecule has 0 fully saturated rings. The van der Waals surface area contributed by atoms with Crippen LogP contribution in [0.4, 0.5) is 0 Å². The molecule has 1 unspecified atom stereocenters. The maximum Gasteiger partial charge on any atom is 0.306 e. The van der Waals surface area contributed by atoms with Gasteiger partial charge in [-0.1, -0.05) is 189 Å². The number of carbonyl (C=O) groups is 2. The number of esters is 2. The van der Waals surface area contributed by atoms with E-state index in [2.05, 4.69) is 86.8 Å². The first-order chi connectivity index (χ1) is 26.6. The maximum atomic E-state index is 12.2. The predicted molar refractivity (Wildman–Crippen MR) is 233 cm³/mol. The molecule has 0 heterocycles. The Hall–Kier alpha value is -2.92. The minimum absolute atomic E-state index is 0.110. The lowest BCUT2D eigenvalue weighted by molar-refractivity contribution is -0.161. The lowest BCUT2D eigenvalue weighted by atomic mass is 10.0. The lowest BCUT2D eigenvalue weighted by Gasteiger charge is -2.15. The molecule has 0 aliphatic heterocycles. The van der Waals surface area contributed by atoms with Crippen molar-refractivity contribution in [1.29, 1.82) is 0 Å². The minimum Gasteiger partial charge on any atom is -0.462 e. The minimum atomic E-state index is -0.807. The van der Waals surface area contributed by atoms with E-state index in [0.717, 1.165) is 57.8 Å². The van der Waals surface area contributed by atoms with Gasteiger partial charge in [0.05, 0.1) is 6.61 Å². The smallest absolute Gasteiger partial charge is 0.306 e. The Balaban J connectivity index is 3.65. The molecule has 0 saturated carbocycles. The van der Waals surface area contributed by atoms with E-state index < -0.39 is 6.10 Å². The van der Waals surface area contributed by atoms with Gasteiger partial charge in [0.1, 0.15) is 6.61 Å². The summed E-state index contributed by atoms with van der Waals surface area (Å²) in [4.78, 5) is 24.3. The van der Waals surface area contributed by atoms with E-state index in [9.17, 15) is 14.7 Å². The van der Waals surface area contributed by atoms with Crippen LogP contribution in [0, 0.1) is 0 Å². The van der Waals surface area contributed by atoms with Crippen LogP contribution < -0.4 is 0 Å². The number of unbranched alkanes of at least 4 members (excludes halogenated alkanes) is 17. The molecule has 0 amide bonds. The Morgan fingerprint density at radius 1 is 0.444 bits per heavy atom. The fraction of sp³-hybridized carbons (Fsp3) is 0.673. The molecule has 5 heteroatoms. The Kier molecular flexibility index (Phi) is 42.1. The van der Waals surface area contributed by atoms with Crippen LogP contribution in [0.15, 0.2) is 85.1 Å². The Labute approximate surface area is 333 Å². The summed E-state index contributed by atoms with van der Waals surface area (Å²) in [6.45, 7) is 3.95. The highest BCUT2D eigenvalue weighted by Crippen LogP contribution is 2.14. The summed E-state index contributed by atoms with van der Waals surface area (Å²) < 4.78 is 10.6. The van der Waals surface area contributed by atoms with Crippen molar-refractivity contribution in [2.45, 2.75) is 200 Å². The van der Waals surface area contributed by atoms with Crippen LogP contribution in [0.25, 0.3) is 0 Å². The second-order valence-corrected chi connectivity index (χ2v) is 14.4. The van der Waals surface area contributed by atoms with Crippen LogP contribution in [0.3, 0.4) is 0 Å². The topological polar surface area (TPSA) is 72.8 Å². The molecule has 0 aromatic carbocycles. The van der Waals surface area contributed by atoms with Gasteiger partial charge >= 0.3 is 11.9 Å². The number of aliphatic hydroxyl groups is 1. The van der Waals surface area contributed by atoms with Gasteiger partial charge in [0.15, 0.2) is 6.10 Å². The van der Waals surface area contributed by atoms with E-state index in [1.165, 1.54) is 103 Å².